The van der Waals surface area contributed by atoms with Crippen molar-refractivity contribution in [1.29, 1.82) is 0 Å². The molecule has 0 N–H and O–H groups in total. The van der Waals surface area contributed by atoms with Gasteiger partial charge in [0.1, 0.15) is 5.15 Å². The van der Waals surface area contributed by atoms with Gasteiger partial charge in [-0.1, -0.05) is 11.6 Å². The Bertz CT molecular complexity index is 487. The van der Waals surface area contributed by atoms with E-state index in [1.165, 1.54) is 19.4 Å². The van der Waals surface area contributed by atoms with Crippen molar-refractivity contribution in [3.8, 4) is 5.75 Å². The third-order valence-corrected chi connectivity index (χ3v) is 2.30. The minimum Gasteiger partial charge on any atom is -0.493 e. The molecule has 1 aromatic carbocycles. The molecule has 0 amide bonds. The first-order chi connectivity index (χ1) is 6.74. The first-order valence-electron chi connectivity index (χ1n) is 4.00. The van der Waals surface area contributed by atoms with Gasteiger partial charge < -0.3 is 4.74 Å². The quantitative estimate of drug-likeness (QED) is 0.677. The van der Waals surface area contributed by atoms with E-state index in [2.05, 4.69) is 4.98 Å². The van der Waals surface area contributed by atoms with Crippen LogP contribution in [0.4, 0.5) is 4.39 Å². The van der Waals surface area contributed by atoms with Crippen LogP contribution < -0.4 is 4.74 Å². The predicted molar refractivity (Wildman–Crippen MR) is 53.3 cm³/mol. The molecule has 4 heteroatoms. The lowest BCUT2D eigenvalue weighted by atomic mass is 10.1. The number of benzene rings is 1. The van der Waals surface area contributed by atoms with E-state index in [0.717, 1.165) is 0 Å². The maximum absolute atomic E-state index is 13.3. The van der Waals surface area contributed by atoms with Crippen molar-refractivity contribution in [3.63, 3.8) is 0 Å². The summed E-state index contributed by atoms with van der Waals surface area (Å²) in [5, 5.41) is 1.67. The maximum atomic E-state index is 13.3. The summed E-state index contributed by atoms with van der Waals surface area (Å²) in [7, 11) is 1.42. The first kappa shape index (κ1) is 9.21. The molecule has 2 aromatic rings. The lowest BCUT2D eigenvalue weighted by molar-refractivity contribution is 0.392. The van der Waals surface area contributed by atoms with Crippen molar-refractivity contribution >= 4 is 22.4 Å². The van der Waals surface area contributed by atoms with Gasteiger partial charge in [-0.15, -0.1) is 0 Å². The van der Waals surface area contributed by atoms with Gasteiger partial charge in [0, 0.05) is 17.0 Å². The molecule has 0 saturated heterocycles. The van der Waals surface area contributed by atoms with Crippen molar-refractivity contribution in [2.45, 2.75) is 0 Å². The van der Waals surface area contributed by atoms with Crippen LogP contribution in [0.15, 0.2) is 24.4 Å². The van der Waals surface area contributed by atoms with Gasteiger partial charge in [0.15, 0.2) is 11.6 Å². The highest BCUT2D eigenvalue weighted by Crippen LogP contribution is 2.31. The molecular weight excluding hydrogens is 205 g/mol. The number of fused-ring (bicyclic) bond motifs is 1. The summed E-state index contributed by atoms with van der Waals surface area (Å²) in [6, 6.07) is 4.57. The van der Waals surface area contributed by atoms with Crippen LogP contribution in [0.25, 0.3) is 10.8 Å². The molecule has 0 atom stereocenters. The molecule has 1 aromatic heterocycles. The average Bonchev–Trinajstić information content (AvgIpc) is 2.18. The molecule has 0 aliphatic heterocycles. The normalized spacial score (nSPS) is 10.5. The van der Waals surface area contributed by atoms with Gasteiger partial charge in [0.2, 0.25) is 0 Å². The molecule has 2 rings (SSSR count). The second kappa shape index (κ2) is 3.42. The Morgan fingerprint density at radius 3 is 2.79 bits per heavy atom. The third kappa shape index (κ3) is 1.30. The number of ether oxygens (including phenoxy) is 1. The number of rotatable bonds is 1. The third-order valence-electron chi connectivity index (χ3n) is 2.00. The summed E-state index contributed by atoms with van der Waals surface area (Å²) in [5.41, 5.74) is 0. The van der Waals surface area contributed by atoms with E-state index in [9.17, 15) is 4.39 Å². The summed E-state index contributed by atoms with van der Waals surface area (Å²) in [6.07, 6.45) is 1.52. The summed E-state index contributed by atoms with van der Waals surface area (Å²) < 4.78 is 18.2. The molecule has 0 fully saturated rings. The Balaban J connectivity index is 2.88. The van der Waals surface area contributed by atoms with Crippen molar-refractivity contribution in [2.75, 3.05) is 7.11 Å². The molecule has 0 aliphatic carbocycles. The Morgan fingerprint density at radius 1 is 1.29 bits per heavy atom. The van der Waals surface area contributed by atoms with Gasteiger partial charge in [-0.05, 0) is 18.2 Å². The zero-order valence-electron chi connectivity index (χ0n) is 7.42. The molecule has 14 heavy (non-hydrogen) atoms. The average molecular weight is 212 g/mol. The fourth-order valence-corrected chi connectivity index (χ4v) is 1.59. The largest absolute Gasteiger partial charge is 0.493 e. The number of methoxy groups -OCH3 is 1. The number of halogens is 2. The van der Waals surface area contributed by atoms with Gasteiger partial charge >= 0.3 is 0 Å². The lowest BCUT2D eigenvalue weighted by Crippen LogP contribution is -1.90. The van der Waals surface area contributed by atoms with Crippen LogP contribution in [-0.4, -0.2) is 12.1 Å². The molecule has 0 bridgehead atoms. The van der Waals surface area contributed by atoms with Crippen LogP contribution >= 0.6 is 11.6 Å². The molecule has 0 saturated carbocycles. The maximum Gasteiger partial charge on any atom is 0.165 e. The van der Waals surface area contributed by atoms with E-state index in [4.69, 9.17) is 16.3 Å². The molecule has 0 radical (unpaired) electrons. The molecule has 72 valence electrons. The van der Waals surface area contributed by atoms with Crippen molar-refractivity contribution in [2.24, 2.45) is 0 Å². The van der Waals surface area contributed by atoms with Crippen LogP contribution in [0.3, 0.4) is 0 Å². The van der Waals surface area contributed by atoms with E-state index < -0.39 is 5.82 Å². The highest BCUT2D eigenvalue weighted by Gasteiger charge is 2.09. The van der Waals surface area contributed by atoms with Crippen LogP contribution in [0.5, 0.6) is 5.75 Å². The van der Waals surface area contributed by atoms with Crippen LogP contribution in [0, 0.1) is 5.82 Å². The van der Waals surface area contributed by atoms with Gasteiger partial charge in [-0.25, -0.2) is 9.37 Å². The lowest BCUT2D eigenvalue weighted by Gasteiger charge is -2.06. The Morgan fingerprint density at radius 2 is 2.07 bits per heavy atom. The van der Waals surface area contributed by atoms with Crippen molar-refractivity contribution in [1.82, 2.24) is 4.98 Å². The van der Waals surface area contributed by atoms with E-state index in [1.807, 2.05) is 0 Å². The number of hydrogen-bond donors (Lipinski definition) is 0. The van der Waals surface area contributed by atoms with Gasteiger partial charge in [-0.2, -0.15) is 0 Å². The fraction of sp³-hybridized carbons (Fsp3) is 0.100. The predicted octanol–water partition coefficient (Wildman–Crippen LogP) is 3.04. The van der Waals surface area contributed by atoms with E-state index in [-0.39, 0.29) is 5.75 Å². The molecular formula is C10H7ClFNO. The second-order valence-corrected chi connectivity index (χ2v) is 3.14. The molecule has 1 heterocycles. The second-order valence-electron chi connectivity index (χ2n) is 2.78. The van der Waals surface area contributed by atoms with E-state index in [1.54, 1.807) is 12.1 Å². The summed E-state index contributed by atoms with van der Waals surface area (Å²) in [4.78, 5) is 3.90. The van der Waals surface area contributed by atoms with Crippen molar-refractivity contribution < 1.29 is 9.13 Å². The summed E-state index contributed by atoms with van der Waals surface area (Å²) >= 11 is 5.85. The topological polar surface area (TPSA) is 22.1 Å². The molecule has 2 nitrogen and oxygen atoms in total. The van der Waals surface area contributed by atoms with Gasteiger partial charge in [0.05, 0.1) is 7.11 Å². The standard InChI is InChI=1S/C10H7ClFNO/c1-14-9-6-4-5-13-10(11)7(6)2-3-8(9)12/h2-5H,1H3. The highest BCUT2D eigenvalue weighted by molar-refractivity contribution is 6.34. The number of nitrogens with zero attached hydrogens (tertiary/aromatic N) is 1. The highest BCUT2D eigenvalue weighted by atomic mass is 35.5. The fourth-order valence-electron chi connectivity index (χ4n) is 1.37. The Hall–Kier alpha value is -1.35. The van der Waals surface area contributed by atoms with Gasteiger partial charge in [-0.3, -0.25) is 0 Å². The van der Waals surface area contributed by atoms with Crippen LogP contribution in [-0.2, 0) is 0 Å². The van der Waals surface area contributed by atoms with Gasteiger partial charge in [0.25, 0.3) is 0 Å². The molecule has 0 spiro atoms. The monoisotopic (exact) mass is 211 g/mol. The SMILES string of the molecule is COc1c(F)ccc2c(Cl)nccc12. The minimum absolute atomic E-state index is 0.201. The Kier molecular flexibility index (Phi) is 2.25. The minimum atomic E-state index is -0.401. The van der Waals surface area contributed by atoms with Crippen molar-refractivity contribution in [3.05, 3.63) is 35.4 Å². The van der Waals surface area contributed by atoms with Crippen LogP contribution in [0.1, 0.15) is 0 Å². The number of aromatic nitrogens is 1. The zero-order valence-corrected chi connectivity index (χ0v) is 8.18. The number of hydrogen-bond acceptors (Lipinski definition) is 2. The number of pyridine rings is 1. The first-order valence-corrected chi connectivity index (χ1v) is 4.38. The summed E-state index contributed by atoms with van der Waals surface area (Å²) in [5.74, 6) is -0.200. The summed E-state index contributed by atoms with van der Waals surface area (Å²) in [6.45, 7) is 0. The van der Waals surface area contributed by atoms with E-state index >= 15 is 0 Å². The zero-order chi connectivity index (χ0) is 10.1. The van der Waals surface area contributed by atoms with E-state index in [0.29, 0.717) is 15.9 Å². The molecule has 0 unspecified atom stereocenters. The smallest absolute Gasteiger partial charge is 0.165 e. The molecule has 0 aliphatic rings. The Labute approximate surface area is 85.3 Å². The van der Waals surface area contributed by atoms with Crippen LogP contribution in [0.2, 0.25) is 5.15 Å².